The summed E-state index contributed by atoms with van der Waals surface area (Å²) in [7, 11) is 0. The Morgan fingerprint density at radius 1 is 1.11 bits per heavy atom. The Kier molecular flexibility index (Phi) is 7.66. The molecule has 0 spiro atoms. The van der Waals surface area contributed by atoms with Crippen LogP contribution in [0, 0.1) is 0 Å². The molecule has 1 saturated carbocycles. The Morgan fingerprint density at radius 3 is 2.69 bits per heavy atom. The van der Waals surface area contributed by atoms with Gasteiger partial charge in [0, 0.05) is 43.3 Å². The summed E-state index contributed by atoms with van der Waals surface area (Å²) in [5.74, 6) is -0.00138. The Hall–Kier alpha value is -3.19. The van der Waals surface area contributed by atoms with Crippen LogP contribution in [0.1, 0.15) is 80.4 Å². The summed E-state index contributed by atoms with van der Waals surface area (Å²) in [6.07, 6.45) is 14.0. The normalized spacial score (nSPS) is 20.4. The molecule has 3 heterocycles. The first-order valence-electron chi connectivity index (χ1n) is 13.2. The third-order valence-corrected chi connectivity index (χ3v) is 7.88. The fourth-order valence-electron chi connectivity index (χ4n) is 5.61. The third kappa shape index (κ3) is 5.31. The minimum atomic E-state index is -0.0650. The van der Waals surface area contributed by atoms with Crippen LogP contribution in [0.3, 0.4) is 0 Å². The van der Waals surface area contributed by atoms with Crippen LogP contribution in [0.2, 0.25) is 0 Å². The first-order chi connectivity index (χ1) is 17.6. The molecular weight excluding hydrogens is 466 g/mol. The number of para-hydroxylation sites is 1. The molecule has 188 valence electrons. The van der Waals surface area contributed by atoms with E-state index in [1.54, 1.807) is 0 Å². The molecule has 1 aliphatic carbocycles. The summed E-state index contributed by atoms with van der Waals surface area (Å²) >= 11 is 5.80. The first-order valence-corrected chi connectivity index (χ1v) is 13.6. The SMILES string of the molecule is CCc1ccccc1NC(=O)CCN1C(=S)N[C@@H](c2ccccn2)[C@H]1c1ccn(C2CCCCC2)c1. The highest BCUT2D eigenvalue weighted by Gasteiger charge is 2.40. The van der Waals surface area contributed by atoms with Crippen LogP contribution in [0.4, 0.5) is 5.69 Å². The fraction of sp³-hybridized carbons (Fsp3) is 0.414. The van der Waals surface area contributed by atoms with Crippen molar-refractivity contribution < 1.29 is 4.79 Å². The summed E-state index contributed by atoms with van der Waals surface area (Å²) in [5.41, 5.74) is 4.19. The third-order valence-electron chi connectivity index (χ3n) is 7.53. The van der Waals surface area contributed by atoms with Gasteiger partial charge < -0.3 is 20.1 Å². The molecule has 7 heteroatoms. The second-order valence-electron chi connectivity index (χ2n) is 9.81. The van der Waals surface area contributed by atoms with Gasteiger partial charge in [0.1, 0.15) is 0 Å². The largest absolute Gasteiger partial charge is 0.352 e. The predicted molar refractivity (Wildman–Crippen MR) is 148 cm³/mol. The zero-order valence-corrected chi connectivity index (χ0v) is 21.7. The maximum Gasteiger partial charge on any atom is 0.226 e. The molecule has 1 saturated heterocycles. The van der Waals surface area contributed by atoms with E-state index in [1.807, 2.05) is 42.6 Å². The zero-order valence-electron chi connectivity index (χ0n) is 20.9. The van der Waals surface area contributed by atoms with Crippen LogP contribution in [0.5, 0.6) is 0 Å². The van der Waals surface area contributed by atoms with Gasteiger partial charge in [-0.3, -0.25) is 9.78 Å². The lowest BCUT2D eigenvalue weighted by Crippen LogP contribution is -2.32. The van der Waals surface area contributed by atoms with E-state index < -0.39 is 0 Å². The summed E-state index contributed by atoms with van der Waals surface area (Å²) in [5, 5.41) is 7.27. The topological polar surface area (TPSA) is 62.2 Å². The van der Waals surface area contributed by atoms with Crippen molar-refractivity contribution in [3.63, 3.8) is 0 Å². The number of rotatable bonds is 8. The van der Waals surface area contributed by atoms with E-state index in [2.05, 4.69) is 56.5 Å². The van der Waals surface area contributed by atoms with Crippen molar-refractivity contribution >= 4 is 28.9 Å². The number of aryl methyl sites for hydroxylation is 1. The fourth-order valence-corrected chi connectivity index (χ4v) is 5.94. The molecule has 3 aromatic rings. The summed E-state index contributed by atoms with van der Waals surface area (Å²) in [6, 6.07) is 16.7. The van der Waals surface area contributed by atoms with Crippen molar-refractivity contribution in [3.05, 3.63) is 83.9 Å². The number of pyridine rings is 1. The standard InChI is InChI=1S/C29H35N5OS/c1-2-21-10-6-7-13-24(21)31-26(35)16-19-34-28(27(32-29(34)36)25-14-8-9-17-30-25)22-15-18-33(20-22)23-11-4-3-5-12-23/h6-10,13-15,17-18,20,23,27-28H,2-5,11-12,16,19H2,1H3,(H,31,35)(H,32,36)/t27-,28+/m0/s1. The maximum absolute atomic E-state index is 12.9. The van der Waals surface area contributed by atoms with Gasteiger partial charge in [0.25, 0.3) is 0 Å². The monoisotopic (exact) mass is 501 g/mol. The summed E-state index contributed by atoms with van der Waals surface area (Å²) in [6.45, 7) is 2.63. The van der Waals surface area contributed by atoms with Crippen molar-refractivity contribution in [2.45, 2.75) is 70.0 Å². The van der Waals surface area contributed by atoms with Gasteiger partial charge in [-0.25, -0.2) is 0 Å². The van der Waals surface area contributed by atoms with Gasteiger partial charge in [-0.1, -0.05) is 50.5 Å². The van der Waals surface area contributed by atoms with E-state index in [9.17, 15) is 4.79 Å². The molecule has 6 nitrogen and oxygen atoms in total. The molecule has 5 rings (SSSR count). The van der Waals surface area contributed by atoms with Gasteiger partial charge in [-0.05, 0) is 66.9 Å². The number of nitrogens with zero attached hydrogens (tertiary/aromatic N) is 3. The lowest BCUT2D eigenvalue weighted by molar-refractivity contribution is -0.116. The van der Waals surface area contributed by atoms with E-state index in [4.69, 9.17) is 12.2 Å². The van der Waals surface area contributed by atoms with Gasteiger partial charge in [0.05, 0.1) is 17.8 Å². The van der Waals surface area contributed by atoms with Crippen LogP contribution in [-0.2, 0) is 11.2 Å². The highest BCUT2D eigenvalue weighted by Crippen LogP contribution is 2.40. The van der Waals surface area contributed by atoms with Gasteiger partial charge >= 0.3 is 0 Å². The van der Waals surface area contributed by atoms with Crippen molar-refractivity contribution in [1.82, 2.24) is 19.8 Å². The Bertz CT molecular complexity index is 1190. The second-order valence-corrected chi connectivity index (χ2v) is 10.2. The lowest BCUT2D eigenvalue weighted by Gasteiger charge is -2.27. The summed E-state index contributed by atoms with van der Waals surface area (Å²) < 4.78 is 2.39. The molecule has 1 aromatic carbocycles. The van der Waals surface area contributed by atoms with Gasteiger partial charge in [-0.15, -0.1) is 0 Å². The van der Waals surface area contributed by atoms with Gasteiger partial charge in [0.15, 0.2) is 5.11 Å². The zero-order chi connectivity index (χ0) is 24.9. The summed E-state index contributed by atoms with van der Waals surface area (Å²) in [4.78, 5) is 19.7. The molecule has 0 radical (unpaired) electrons. The minimum Gasteiger partial charge on any atom is -0.352 e. The number of hydrogen-bond donors (Lipinski definition) is 2. The number of amides is 1. The van der Waals surface area contributed by atoms with Crippen LogP contribution in [0.15, 0.2) is 67.1 Å². The molecule has 0 bridgehead atoms. The van der Waals surface area contributed by atoms with E-state index in [1.165, 1.54) is 37.7 Å². The molecule has 1 amide bonds. The van der Waals surface area contributed by atoms with Crippen molar-refractivity contribution in [2.24, 2.45) is 0 Å². The average Bonchev–Trinajstić information content (AvgIpc) is 3.53. The predicted octanol–water partition coefficient (Wildman–Crippen LogP) is 5.95. The Labute approximate surface area is 219 Å². The number of carbonyl (C=O) groups is 1. The van der Waals surface area contributed by atoms with Crippen LogP contribution >= 0.6 is 12.2 Å². The molecular formula is C29H35N5OS. The first kappa shape index (κ1) is 24.5. The average molecular weight is 502 g/mol. The Morgan fingerprint density at radius 2 is 1.92 bits per heavy atom. The van der Waals surface area contributed by atoms with E-state index in [0.29, 0.717) is 24.1 Å². The van der Waals surface area contributed by atoms with E-state index in [0.717, 1.165) is 23.4 Å². The molecule has 2 aromatic heterocycles. The van der Waals surface area contributed by atoms with Gasteiger partial charge in [0.2, 0.25) is 5.91 Å². The van der Waals surface area contributed by atoms with Crippen molar-refractivity contribution in [1.29, 1.82) is 0 Å². The van der Waals surface area contributed by atoms with E-state index >= 15 is 0 Å². The molecule has 2 N–H and O–H groups in total. The van der Waals surface area contributed by atoms with Gasteiger partial charge in [-0.2, -0.15) is 0 Å². The van der Waals surface area contributed by atoms with E-state index in [-0.39, 0.29) is 18.0 Å². The second kappa shape index (κ2) is 11.2. The Balaban J connectivity index is 1.35. The van der Waals surface area contributed by atoms with Crippen LogP contribution in [0.25, 0.3) is 0 Å². The van der Waals surface area contributed by atoms with Crippen molar-refractivity contribution in [3.8, 4) is 0 Å². The number of anilines is 1. The van der Waals surface area contributed by atoms with Crippen molar-refractivity contribution in [2.75, 3.05) is 11.9 Å². The quantitative estimate of drug-likeness (QED) is 0.373. The number of nitrogens with one attached hydrogen (secondary N) is 2. The minimum absolute atomic E-state index is 0.00138. The number of carbonyl (C=O) groups excluding carboxylic acids is 1. The number of aromatic nitrogens is 2. The van der Waals surface area contributed by atoms with Crippen LogP contribution in [-0.4, -0.2) is 32.0 Å². The highest BCUT2D eigenvalue weighted by atomic mass is 32.1. The number of thiocarbonyl (C=S) groups is 1. The van der Waals surface area contributed by atoms with Crippen LogP contribution < -0.4 is 10.6 Å². The molecule has 36 heavy (non-hydrogen) atoms. The number of benzene rings is 1. The number of hydrogen-bond acceptors (Lipinski definition) is 3. The molecule has 1 aliphatic heterocycles. The maximum atomic E-state index is 12.9. The lowest BCUT2D eigenvalue weighted by atomic mass is 9.95. The molecule has 0 unspecified atom stereocenters. The molecule has 2 fully saturated rings. The highest BCUT2D eigenvalue weighted by molar-refractivity contribution is 7.80. The molecule has 2 aliphatic rings. The molecule has 2 atom stereocenters. The smallest absolute Gasteiger partial charge is 0.226 e.